The first-order valence-corrected chi connectivity index (χ1v) is 6.75. The highest BCUT2D eigenvalue weighted by atomic mass is 35.5. The van der Waals surface area contributed by atoms with Crippen LogP contribution in [0.25, 0.3) is 0 Å². The second-order valence-corrected chi connectivity index (χ2v) is 5.30. The predicted molar refractivity (Wildman–Crippen MR) is 76.3 cm³/mol. The smallest absolute Gasteiger partial charge is 0.336 e. The van der Waals surface area contributed by atoms with Crippen molar-refractivity contribution < 1.29 is 18.7 Å². The highest BCUT2D eigenvalue weighted by Gasteiger charge is 2.36. The van der Waals surface area contributed by atoms with Gasteiger partial charge in [-0.3, -0.25) is 4.79 Å². The molecule has 112 valence electrons. The van der Waals surface area contributed by atoms with Gasteiger partial charge in [0.2, 0.25) is 5.91 Å². The summed E-state index contributed by atoms with van der Waals surface area (Å²) in [4.78, 5) is 25.4. The lowest BCUT2D eigenvalue weighted by atomic mass is 9.83. The monoisotopic (exact) mass is 311 g/mol. The van der Waals surface area contributed by atoms with Crippen LogP contribution in [0.5, 0.6) is 0 Å². The van der Waals surface area contributed by atoms with E-state index in [0.717, 1.165) is 0 Å². The third-order valence-corrected chi connectivity index (χ3v) is 3.97. The number of amides is 1. The van der Waals surface area contributed by atoms with Gasteiger partial charge < -0.3 is 9.64 Å². The molecule has 21 heavy (non-hydrogen) atoms. The number of halogens is 2. The number of nitrogens with zero attached hydrogens (tertiary/aromatic N) is 1. The van der Waals surface area contributed by atoms with Gasteiger partial charge in [-0.15, -0.1) is 0 Å². The van der Waals surface area contributed by atoms with E-state index in [-0.39, 0.29) is 22.9 Å². The highest BCUT2D eigenvalue weighted by molar-refractivity contribution is 6.30. The molecule has 1 aromatic rings. The van der Waals surface area contributed by atoms with Crippen molar-refractivity contribution in [2.75, 3.05) is 14.2 Å². The van der Waals surface area contributed by atoms with Crippen LogP contribution in [0.4, 0.5) is 4.39 Å². The zero-order valence-electron chi connectivity index (χ0n) is 11.9. The Kier molecular flexibility index (Phi) is 4.32. The van der Waals surface area contributed by atoms with Crippen molar-refractivity contribution >= 4 is 23.5 Å². The lowest BCUT2D eigenvalue weighted by molar-refractivity contribution is -0.137. The van der Waals surface area contributed by atoms with Crippen molar-refractivity contribution in [3.63, 3.8) is 0 Å². The van der Waals surface area contributed by atoms with E-state index in [1.165, 1.54) is 30.2 Å². The van der Waals surface area contributed by atoms with Gasteiger partial charge in [0.15, 0.2) is 0 Å². The molecule has 2 rings (SSSR count). The van der Waals surface area contributed by atoms with Crippen molar-refractivity contribution in [1.29, 1.82) is 0 Å². The lowest BCUT2D eigenvalue weighted by Crippen LogP contribution is -2.35. The number of benzene rings is 1. The van der Waals surface area contributed by atoms with Gasteiger partial charge in [-0.05, 0) is 24.6 Å². The van der Waals surface area contributed by atoms with Crippen molar-refractivity contribution in [1.82, 2.24) is 4.90 Å². The second-order valence-electron chi connectivity index (χ2n) is 4.87. The predicted octanol–water partition coefficient (Wildman–Crippen LogP) is 2.87. The minimum atomic E-state index is -0.668. The molecule has 1 aromatic carbocycles. The number of carbonyl (C=O) groups is 2. The van der Waals surface area contributed by atoms with Crippen LogP contribution < -0.4 is 0 Å². The second kappa shape index (κ2) is 5.85. The van der Waals surface area contributed by atoms with Crippen molar-refractivity contribution in [2.24, 2.45) is 0 Å². The fourth-order valence-electron chi connectivity index (χ4n) is 2.48. The summed E-state index contributed by atoms with van der Waals surface area (Å²) in [5.41, 5.74) is 1.03. The molecule has 0 spiro atoms. The standard InChI is InChI=1S/C15H15ClFNO3/c1-8-14(15(20)21-3)11(7-13(19)18(8)2)10-5-4-9(16)6-12(10)17/h4-6,11H,7H2,1-3H3. The SMILES string of the molecule is COC(=O)C1=C(C)N(C)C(=O)CC1c1ccc(Cl)cc1F. The summed E-state index contributed by atoms with van der Waals surface area (Å²) in [7, 11) is 2.84. The van der Waals surface area contributed by atoms with Crippen molar-refractivity contribution in [3.05, 3.63) is 45.9 Å². The molecule has 0 bridgehead atoms. The van der Waals surface area contributed by atoms with E-state index in [2.05, 4.69) is 0 Å². The summed E-state index contributed by atoms with van der Waals surface area (Å²) in [5, 5.41) is 0.260. The van der Waals surface area contributed by atoms with Gasteiger partial charge in [0.25, 0.3) is 0 Å². The van der Waals surface area contributed by atoms with Gasteiger partial charge >= 0.3 is 5.97 Å². The van der Waals surface area contributed by atoms with Gasteiger partial charge in [-0.25, -0.2) is 9.18 Å². The molecule has 0 fully saturated rings. The van der Waals surface area contributed by atoms with Gasteiger partial charge in [-0.1, -0.05) is 17.7 Å². The summed E-state index contributed by atoms with van der Waals surface area (Å²) in [6.45, 7) is 1.64. The van der Waals surface area contributed by atoms with E-state index in [1.54, 1.807) is 14.0 Å². The summed E-state index contributed by atoms with van der Waals surface area (Å²) >= 11 is 5.74. The van der Waals surface area contributed by atoms with Crippen LogP contribution >= 0.6 is 11.6 Å². The molecule has 0 saturated carbocycles. The number of methoxy groups -OCH3 is 1. The van der Waals surface area contributed by atoms with Gasteiger partial charge in [0, 0.05) is 30.1 Å². The zero-order valence-corrected chi connectivity index (χ0v) is 12.7. The van der Waals surface area contributed by atoms with E-state index in [1.807, 2.05) is 0 Å². The van der Waals surface area contributed by atoms with E-state index < -0.39 is 17.7 Å². The van der Waals surface area contributed by atoms with E-state index >= 15 is 0 Å². The Hall–Kier alpha value is -1.88. The molecular formula is C15H15ClFNO3. The fraction of sp³-hybridized carbons (Fsp3) is 0.333. The maximum absolute atomic E-state index is 14.1. The molecule has 1 aliphatic rings. The molecule has 1 atom stereocenters. The molecule has 0 aliphatic carbocycles. The average Bonchev–Trinajstić information content (AvgIpc) is 2.44. The van der Waals surface area contributed by atoms with Crippen LogP contribution in [-0.2, 0) is 14.3 Å². The van der Waals surface area contributed by atoms with Gasteiger partial charge in [0.05, 0.1) is 12.7 Å². The maximum atomic E-state index is 14.1. The highest BCUT2D eigenvalue weighted by Crippen LogP contribution is 2.37. The van der Waals surface area contributed by atoms with Crippen LogP contribution in [0.3, 0.4) is 0 Å². The van der Waals surface area contributed by atoms with Crippen molar-refractivity contribution in [2.45, 2.75) is 19.3 Å². The quantitative estimate of drug-likeness (QED) is 0.789. The summed E-state index contributed by atoms with van der Waals surface area (Å²) in [5.74, 6) is -1.96. The first-order chi connectivity index (χ1) is 9.86. The third kappa shape index (κ3) is 2.78. The van der Waals surface area contributed by atoms with Crippen LogP contribution in [0.2, 0.25) is 5.02 Å². The normalized spacial score (nSPS) is 19.0. The fourth-order valence-corrected chi connectivity index (χ4v) is 2.64. The molecule has 0 N–H and O–H groups in total. The number of rotatable bonds is 2. The minimum absolute atomic E-state index is 0.0107. The Morgan fingerprint density at radius 1 is 1.48 bits per heavy atom. The van der Waals surface area contributed by atoms with E-state index in [9.17, 15) is 14.0 Å². The third-order valence-electron chi connectivity index (χ3n) is 3.74. The molecule has 1 heterocycles. The maximum Gasteiger partial charge on any atom is 0.336 e. The molecule has 0 aromatic heterocycles. The molecule has 6 heteroatoms. The van der Waals surface area contributed by atoms with Crippen LogP contribution in [0, 0.1) is 5.82 Å². The molecule has 1 unspecified atom stereocenters. The molecule has 1 amide bonds. The average molecular weight is 312 g/mol. The lowest BCUT2D eigenvalue weighted by Gasteiger charge is -2.32. The van der Waals surface area contributed by atoms with Crippen LogP contribution in [0.15, 0.2) is 29.5 Å². The summed E-state index contributed by atoms with van der Waals surface area (Å²) in [6, 6.07) is 4.20. The van der Waals surface area contributed by atoms with Crippen LogP contribution in [-0.4, -0.2) is 30.9 Å². The molecule has 0 radical (unpaired) electrons. The zero-order chi connectivity index (χ0) is 15.7. The van der Waals surface area contributed by atoms with E-state index in [4.69, 9.17) is 16.3 Å². The van der Waals surface area contributed by atoms with Crippen molar-refractivity contribution in [3.8, 4) is 0 Å². The first kappa shape index (κ1) is 15.5. The Balaban J connectivity index is 2.59. The minimum Gasteiger partial charge on any atom is -0.466 e. The Labute approximate surface area is 127 Å². The number of ether oxygens (including phenoxy) is 1. The molecule has 0 saturated heterocycles. The summed E-state index contributed by atoms with van der Waals surface area (Å²) < 4.78 is 18.9. The van der Waals surface area contributed by atoms with E-state index in [0.29, 0.717) is 11.3 Å². The molecular weight excluding hydrogens is 297 g/mol. The molecule has 1 aliphatic heterocycles. The van der Waals surface area contributed by atoms with Gasteiger partial charge in [0.1, 0.15) is 5.82 Å². The Morgan fingerprint density at radius 3 is 2.71 bits per heavy atom. The van der Waals surface area contributed by atoms with Crippen LogP contribution in [0.1, 0.15) is 24.8 Å². The topological polar surface area (TPSA) is 46.6 Å². The Bertz CT molecular complexity index is 642. The van der Waals surface area contributed by atoms with Gasteiger partial charge in [-0.2, -0.15) is 0 Å². The number of esters is 1. The molecule has 4 nitrogen and oxygen atoms in total. The number of hydrogen-bond donors (Lipinski definition) is 0. The Morgan fingerprint density at radius 2 is 2.14 bits per heavy atom. The largest absolute Gasteiger partial charge is 0.466 e. The number of hydrogen-bond acceptors (Lipinski definition) is 3. The first-order valence-electron chi connectivity index (χ1n) is 6.37. The number of carbonyl (C=O) groups excluding carboxylic acids is 2. The number of allylic oxidation sites excluding steroid dienone is 1. The summed E-state index contributed by atoms with van der Waals surface area (Å²) in [6.07, 6.45) is 0.0107.